The van der Waals surface area contributed by atoms with Crippen molar-refractivity contribution in [2.24, 2.45) is 0 Å². The Balaban J connectivity index is 1.52. The number of amides is 6. The van der Waals surface area contributed by atoms with Crippen LogP contribution in [0.15, 0.2) is 0 Å². The molecule has 0 bridgehead atoms. The molecule has 0 atom stereocenters. The predicted octanol–water partition coefficient (Wildman–Crippen LogP) is 3.55. The van der Waals surface area contributed by atoms with Gasteiger partial charge in [0.15, 0.2) is 0 Å². The molecular formula is C22H38N4O4. The molecule has 0 radical (unpaired) electrons. The lowest BCUT2D eigenvalue weighted by Crippen LogP contribution is -2.45. The van der Waals surface area contributed by atoms with Gasteiger partial charge >= 0.3 is 12.1 Å². The summed E-state index contributed by atoms with van der Waals surface area (Å²) in [5.74, 6) is -0.136. The van der Waals surface area contributed by atoms with Crippen molar-refractivity contribution >= 4 is 23.9 Å². The van der Waals surface area contributed by atoms with Gasteiger partial charge in [-0.15, -0.1) is 0 Å². The quantitative estimate of drug-likeness (QED) is 0.613. The van der Waals surface area contributed by atoms with Gasteiger partial charge in [-0.1, -0.05) is 38.5 Å². The lowest BCUT2D eigenvalue weighted by atomic mass is 10.1. The summed E-state index contributed by atoms with van der Waals surface area (Å²) in [5, 5.41) is 5.70. The highest BCUT2D eigenvalue weighted by atomic mass is 16.2. The molecule has 170 valence electrons. The second-order valence-electron chi connectivity index (χ2n) is 8.30. The Bertz CT molecular complexity index is 531. The van der Waals surface area contributed by atoms with Gasteiger partial charge in [-0.2, -0.15) is 0 Å². The molecule has 2 rings (SSSR count). The fraction of sp³-hybridized carbons (Fsp3) is 0.818. The summed E-state index contributed by atoms with van der Waals surface area (Å²) in [6.07, 6.45) is 12.2. The molecule has 30 heavy (non-hydrogen) atoms. The molecule has 0 saturated carbocycles. The monoisotopic (exact) mass is 422 g/mol. The molecule has 2 N–H and O–H groups in total. The van der Waals surface area contributed by atoms with Crippen LogP contribution in [0.5, 0.6) is 0 Å². The van der Waals surface area contributed by atoms with Crippen molar-refractivity contribution < 1.29 is 19.2 Å². The third-order valence-corrected chi connectivity index (χ3v) is 5.79. The highest BCUT2D eigenvalue weighted by Gasteiger charge is 2.22. The highest BCUT2D eigenvalue weighted by Crippen LogP contribution is 2.13. The first-order valence-corrected chi connectivity index (χ1v) is 11.8. The molecule has 2 aliphatic heterocycles. The summed E-state index contributed by atoms with van der Waals surface area (Å²) < 4.78 is 0. The predicted molar refractivity (Wildman–Crippen MR) is 115 cm³/mol. The molecule has 0 aliphatic carbocycles. The fourth-order valence-electron chi connectivity index (χ4n) is 3.93. The Kier molecular flexibility index (Phi) is 11.3. The van der Waals surface area contributed by atoms with E-state index in [0.29, 0.717) is 39.0 Å². The number of hydrogen-bond donors (Lipinski definition) is 2. The maximum absolute atomic E-state index is 12.2. The third kappa shape index (κ3) is 8.71. The van der Waals surface area contributed by atoms with Crippen LogP contribution in [0, 0.1) is 0 Å². The van der Waals surface area contributed by atoms with Gasteiger partial charge in [0.1, 0.15) is 0 Å². The van der Waals surface area contributed by atoms with Crippen LogP contribution in [0.2, 0.25) is 0 Å². The average Bonchev–Trinajstić information content (AvgIpc) is 2.69. The lowest BCUT2D eigenvalue weighted by molar-refractivity contribution is -0.129. The molecule has 0 aromatic carbocycles. The minimum absolute atomic E-state index is 0.0681. The molecule has 2 fully saturated rings. The van der Waals surface area contributed by atoms with E-state index in [2.05, 4.69) is 10.6 Å². The van der Waals surface area contributed by atoms with E-state index in [4.69, 9.17) is 0 Å². The van der Waals surface area contributed by atoms with Crippen molar-refractivity contribution in [2.75, 3.05) is 26.2 Å². The van der Waals surface area contributed by atoms with Crippen LogP contribution >= 0.6 is 0 Å². The van der Waals surface area contributed by atoms with Gasteiger partial charge in [0.05, 0.1) is 0 Å². The molecule has 2 heterocycles. The van der Waals surface area contributed by atoms with Crippen molar-refractivity contribution in [3.63, 3.8) is 0 Å². The standard InChI is InChI=1S/C22H38N4O4/c27-19-13-7-1-5-11-17-25(19)21(29)23-15-9-3-4-10-16-24-22(30)26-18-12-6-2-8-14-20(26)28/h1-18H2,(H,23,29)(H,24,30). The van der Waals surface area contributed by atoms with Crippen LogP contribution in [0.25, 0.3) is 0 Å². The van der Waals surface area contributed by atoms with Crippen molar-refractivity contribution in [3.05, 3.63) is 0 Å². The summed E-state index contributed by atoms with van der Waals surface area (Å²) in [5.41, 5.74) is 0. The van der Waals surface area contributed by atoms with Gasteiger partial charge in [-0.3, -0.25) is 19.4 Å². The van der Waals surface area contributed by atoms with Crippen LogP contribution < -0.4 is 10.6 Å². The second kappa shape index (κ2) is 14.0. The molecule has 2 saturated heterocycles. The number of carbonyl (C=O) groups excluding carboxylic acids is 4. The minimum atomic E-state index is -0.271. The smallest absolute Gasteiger partial charge is 0.324 e. The number of urea groups is 2. The Morgan fingerprint density at radius 1 is 0.600 bits per heavy atom. The first-order valence-electron chi connectivity index (χ1n) is 11.8. The first kappa shape index (κ1) is 24.2. The maximum atomic E-state index is 12.2. The number of nitrogens with one attached hydrogen (secondary N) is 2. The van der Waals surface area contributed by atoms with Crippen LogP contribution in [-0.2, 0) is 9.59 Å². The van der Waals surface area contributed by atoms with Gasteiger partial charge in [-0.25, -0.2) is 9.59 Å². The van der Waals surface area contributed by atoms with E-state index in [1.54, 1.807) is 0 Å². The first-order chi connectivity index (χ1) is 14.6. The number of unbranched alkanes of at least 4 members (excludes halogenated alkanes) is 3. The van der Waals surface area contributed by atoms with E-state index in [0.717, 1.165) is 77.0 Å². The number of carbonyl (C=O) groups is 4. The summed E-state index contributed by atoms with van der Waals surface area (Å²) >= 11 is 0. The highest BCUT2D eigenvalue weighted by molar-refractivity contribution is 5.95. The van der Waals surface area contributed by atoms with Crippen LogP contribution in [0.3, 0.4) is 0 Å². The van der Waals surface area contributed by atoms with Gasteiger partial charge in [0, 0.05) is 39.0 Å². The topological polar surface area (TPSA) is 98.8 Å². The second-order valence-corrected chi connectivity index (χ2v) is 8.30. The van der Waals surface area contributed by atoms with Crippen molar-refractivity contribution in [2.45, 2.75) is 89.9 Å². The zero-order valence-electron chi connectivity index (χ0n) is 18.3. The summed E-state index contributed by atoms with van der Waals surface area (Å²) in [6, 6.07) is -0.542. The number of rotatable bonds is 7. The summed E-state index contributed by atoms with van der Waals surface area (Å²) in [7, 11) is 0. The Labute approximate surface area is 180 Å². The van der Waals surface area contributed by atoms with Crippen LogP contribution in [-0.4, -0.2) is 59.9 Å². The molecule has 8 heteroatoms. The largest absolute Gasteiger partial charge is 0.338 e. The van der Waals surface area contributed by atoms with E-state index < -0.39 is 0 Å². The fourth-order valence-corrected chi connectivity index (χ4v) is 3.93. The summed E-state index contributed by atoms with van der Waals surface area (Å²) in [6.45, 7) is 2.14. The van der Waals surface area contributed by atoms with Crippen molar-refractivity contribution in [1.82, 2.24) is 20.4 Å². The van der Waals surface area contributed by atoms with E-state index in [1.807, 2.05) is 0 Å². The van der Waals surface area contributed by atoms with Gasteiger partial charge in [0.2, 0.25) is 11.8 Å². The van der Waals surface area contributed by atoms with Crippen molar-refractivity contribution in [1.29, 1.82) is 0 Å². The molecule has 2 aliphatic rings. The zero-order chi connectivity index (χ0) is 21.6. The number of likely N-dealkylation sites (tertiary alicyclic amines) is 2. The molecule has 0 aromatic heterocycles. The summed E-state index contributed by atoms with van der Waals surface area (Å²) in [4.78, 5) is 51.3. The number of nitrogens with zero attached hydrogens (tertiary/aromatic N) is 2. The van der Waals surface area contributed by atoms with Gasteiger partial charge in [-0.05, 0) is 38.5 Å². The molecule has 0 spiro atoms. The normalized spacial score (nSPS) is 18.8. The average molecular weight is 423 g/mol. The van der Waals surface area contributed by atoms with Crippen LogP contribution in [0.4, 0.5) is 9.59 Å². The molecule has 8 nitrogen and oxygen atoms in total. The SMILES string of the molecule is O=C1CCCCCCN1C(=O)NCCCCCCNC(=O)N1CCCCCCC1=O. The molecule has 6 amide bonds. The number of hydrogen-bond acceptors (Lipinski definition) is 4. The van der Waals surface area contributed by atoms with E-state index in [1.165, 1.54) is 9.80 Å². The third-order valence-electron chi connectivity index (χ3n) is 5.79. The zero-order valence-corrected chi connectivity index (χ0v) is 18.3. The molecule has 0 aromatic rings. The van der Waals surface area contributed by atoms with Crippen molar-refractivity contribution in [3.8, 4) is 0 Å². The Morgan fingerprint density at radius 2 is 1.00 bits per heavy atom. The molecule has 0 unspecified atom stereocenters. The van der Waals surface area contributed by atoms with Crippen LogP contribution in [0.1, 0.15) is 89.9 Å². The van der Waals surface area contributed by atoms with E-state index >= 15 is 0 Å². The number of imide groups is 2. The van der Waals surface area contributed by atoms with Gasteiger partial charge in [0.25, 0.3) is 0 Å². The Morgan fingerprint density at radius 3 is 1.43 bits per heavy atom. The van der Waals surface area contributed by atoms with E-state index in [9.17, 15) is 19.2 Å². The lowest BCUT2D eigenvalue weighted by Gasteiger charge is -2.23. The Hall–Kier alpha value is -2.12. The van der Waals surface area contributed by atoms with E-state index in [-0.39, 0.29) is 23.9 Å². The minimum Gasteiger partial charge on any atom is -0.338 e. The van der Waals surface area contributed by atoms with Gasteiger partial charge < -0.3 is 10.6 Å². The molecular weight excluding hydrogens is 384 g/mol. The maximum Gasteiger partial charge on any atom is 0.324 e.